The summed E-state index contributed by atoms with van der Waals surface area (Å²) in [5.41, 5.74) is 3.03. The van der Waals surface area contributed by atoms with E-state index in [1.165, 1.54) is 0 Å². The van der Waals surface area contributed by atoms with Gasteiger partial charge in [0.25, 0.3) is 0 Å². The molecule has 0 radical (unpaired) electrons. The standard InChI is InChI=1S/C16H16O2/c1-2-14-11-13(7-10-16(14)18)4-3-12-5-8-15(17)9-6-12/h3-11,17-18H,2H2,1H3. The lowest BCUT2D eigenvalue weighted by Crippen LogP contribution is -1.82. The van der Waals surface area contributed by atoms with Crippen LogP contribution in [-0.4, -0.2) is 10.2 Å². The second-order valence-corrected chi connectivity index (χ2v) is 4.17. The summed E-state index contributed by atoms with van der Waals surface area (Å²) in [5.74, 6) is 0.615. The van der Waals surface area contributed by atoms with Crippen LogP contribution in [0.5, 0.6) is 11.5 Å². The van der Waals surface area contributed by atoms with Crippen molar-refractivity contribution < 1.29 is 10.2 Å². The first kappa shape index (κ1) is 12.2. The topological polar surface area (TPSA) is 40.5 Å². The van der Waals surface area contributed by atoms with Crippen molar-refractivity contribution in [2.24, 2.45) is 0 Å². The van der Waals surface area contributed by atoms with Gasteiger partial charge in [-0.1, -0.05) is 37.3 Å². The molecule has 2 aromatic rings. The van der Waals surface area contributed by atoms with E-state index in [1.807, 2.05) is 43.3 Å². The molecule has 0 spiro atoms. The number of benzene rings is 2. The van der Waals surface area contributed by atoms with Crippen LogP contribution in [0.1, 0.15) is 23.6 Å². The van der Waals surface area contributed by atoms with Crippen LogP contribution >= 0.6 is 0 Å². The Morgan fingerprint density at radius 3 is 2.17 bits per heavy atom. The molecule has 2 aromatic carbocycles. The van der Waals surface area contributed by atoms with Crippen molar-refractivity contribution in [2.45, 2.75) is 13.3 Å². The summed E-state index contributed by atoms with van der Waals surface area (Å²) in [7, 11) is 0. The lowest BCUT2D eigenvalue weighted by molar-refractivity contribution is 0.469. The zero-order chi connectivity index (χ0) is 13.0. The van der Waals surface area contributed by atoms with E-state index >= 15 is 0 Å². The smallest absolute Gasteiger partial charge is 0.118 e. The quantitative estimate of drug-likeness (QED) is 0.800. The van der Waals surface area contributed by atoms with Crippen molar-refractivity contribution in [3.63, 3.8) is 0 Å². The van der Waals surface area contributed by atoms with Crippen LogP contribution < -0.4 is 0 Å². The van der Waals surface area contributed by atoms with E-state index in [2.05, 4.69) is 0 Å². The van der Waals surface area contributed by atoms with Gasteiger partial charge in [0.05, 0.1) is 0 Å². The minimum absolute atomic E-state index is 0.269. The first-order chi connectivity index (χ1) is 8.69. The molecule has 92 valence electrons. The normalized spacial score (nSPS) is 10.9. The molecule has 2 rings (SSSR count). The highest BCUT2D eigenvalue weighted by atomic mass is 16.3. The van der Waals surface area contributed by atoms with E-state index in [0.717, 1.165) is 23.1 Å². The summed E-state index contributed by atoms with van der Waals surface area (Å²) in [5, 5.41) is 18.8. The third kappa shape index (κ3) is 2.92. The van der Waals surface area contributed by atoms with Crippen molar-refractivity contribution in [3.05, 3.63) is 59.2 Å². The molecule has 0 amide bonds. The van der Waals surface area contributed by atoms with Crippen LogP contribution in [-0.2, 0) is 6.42 Å². The van der Waals surface area contributed by atoms with Gasteiger partial charge in [-0.25, -0.2) is 0 Å². The summed E-state index contributed by atoms with van der Waals surface area (Å²) in [6.45, 7) is 2.02. The SMILES string of the molecule is CCc1cc(C=Cc2ccc(O)cc2)ccc1O. The highest BCUT2D eigenvalue weighted by Crippen LogP contribution is 2.20. The molecule has 0 aliphatic carbocycles. The van der Waals surface area contributed by atoms with Crippen LogP contribution in [0.15, 0.2) is 42.5 Å². The predicted octanol–water partition coefficient (Wildman–Crippen LogP) is 3.83. The highest BCUT2D eigenvalue weighted by molar-refractivity contribution is 5.70. The number of aromatic hydroxyl groups is 2. The summed E-state index contributed by atoms with van der Waals surface area (Å²) in [4.78, 5) is 0. The largest absolute Gasteiger partial charge is 0.508 e. The Morgan fingerprint density at radius 2 is 1.50 bits per heavy atom. The van der Waals surface area contributed by atoms with Crippen molar-refractivity contribution in [2.75, 3.05) is 0 Å². The molecule has 0 unspecified atom stereocenters. The van der Waals surface area contributed by atoms with Gasteiger partial charge in [0.15, 0.2) is 0 Å². The number of hydrogen-bond donors (Lipinski definition) is 2. The van der Waals surface area contributed by atoms with Crippen molar-refractivity contribution in [1.82, 2.24) is 0 Å². The maximum atomic E-state index is 9.60. The van der Waals surface area contributed by atoms with E-state index in [9.17, 15) is 10.2 Å². The lowest BCUT2D eigenvalue weighted by Gasteiger charge is -2.02. The van der Waals surface area contributed by atoms with Gasteiger partial charge in [-0.3, -0.25) is 0 Å². The van der Waals surface area contributed by atoms with Crippen LogP contribution in [0.4, 0.5) is 0 Å². The van der Waals surface area contributed by atoms with Gasteiger partial charge in [0.1, 0.15) is 11.5 Å². The zero-order valence-electron chi connectivity index (χ0n) is 10.3. The molecule has 0 heterocycles. The monoisotopic (exact) mass is 240 g/mol. The summed E-state index contributed by atoms with van der Waals surface area (Å²) >= 11 is 0. The molecule has 18 heavy (non-hydrogen) atoms. The van der Waals surface area contributed by atoms with E-state index in [0.29, 0.717) is 5.75 Å². The number of phenolic OH excluding ortho intramolecular Hbond substituents is 2. The molecule has 0 aliphatic heterocycles. The summed E-state index contributed by atoms with van der Waals surface area (Å²) < 4.78 is 0. The van der Waals surface area contributed by atoms with Gasteiger partial charge in [-0.15, -0.1) is 0 Å². The number of hydrogen-bond acceptors (Lipinski definition) is 2. The molecule has 2 heteroatoms. The Labute approximate surface area is 107 Å². The van der Waals surface area contributed by atoms with Crippen molar-refractivity contribution in [1.29, 1.82) is 0 Å². The highest BCUT2D eigenvalue weighted by Gasteiger charge is 1.98. The molecule has 0 atom stereocenters. The average Bonchev–Trinajstić information content (AvgIpc) is 2.39. The lowest BCUT2D eigenvalue weighted by atomic mass is 10.1. The molecule has 2 N–H and O–H groups in total. The van der Waals surface area contributed by atoms with Gasteiger partial charge < -0.3 is 10.2 Å². The average molecular weight is 240 g/mol. The van der Waals surface area contributed by atoms with E-state index < -0.39 is 0 Å². The Balaban J connectivity index is 2.20. The Kier molecular flexibility index (Phi) is 3.68. The predicted molar refractivity (Wildman–Crippen MR) is 74.5 cm³/mol. The van der Waals surface area contributed by atoms with Crippen molar-refractivity contribution in [3.8, 4) is 11.5 Å². The fourth-order valence-electron chi connectivity index (χ4n) is 1.77. The van der Waals surface area contributed by atoms with Crippen LogP contribution in [0.3, 0.4) is 0 Å². The fraction of sp³-hybridized carbons (Fsp3) is 0.125. The molecule has 2 nitrogen and oxygen atoms in total. The molecular formula is C16H16O2. The number of phenols is 2. The van der Waals surface area contributed by atoms with Gasteiger partial charge in [0.2, 0.25) is 0 Å². The minimum atomic E-state index is 0.269. The second-order valence-electron chi connectivity index (χ2n) is 4.17. The Hall–Kier alpha value is -2.22. The fourth-order valence-corrected chi connectivity index (χ4v) is 1.77. The Bertz CT molecular complexity index is 554. The zero-order valence-corrected chi connectivity index (χ0v) is 10.3. The Morgan fingerprint density at radius 1 is 0.889 bits per heavy atom. The van der Waals surface area contributed by atoms with Gasteiger partial charge >= 0.3 is 0 Å². The van der Waals surface area contributed by atoms with Gasteiger partial charge in [-0.2, -0.15) is 0 Å². The molecule has 0 saturated heterocycles. The van der Waals surface area contributed by atoms with Crippen LogP contribution in [0.2, 0.25) is 0 Å². The number of rotatable bonds is 3. The molecule has 0 aliphatic rings. The van der Waals surface area contributed by atoms with Crippen LogP contribution in [0, 0.1) is 0 Å². The molecular weight excluding hydrogens is 224 g/mol. The van der Waals surface area contributed by atoms with Gasteiger partial charge in [0, 0.05) is 0 Å². The summed E-state index contributed by atoms with van der Waals surface area (Å²) in [6.07, 6.45) is 4.78. The maximum absolute atomic E-state index is 9.60. The number of aryl methyl sites for hydroxylation is 1. The third-order valence-corrected chi connectivity index (χ3v) is 2.85. The molecule has 0 fully saturated rings. The molecule has 0 bridgehead atoms. The first-order valence-corrected chi connectivity index (χ1v) is 5.98. The van der Waals surface area contributed by atoms with E-state index in [1.54, 1.807) is 18.2 Å². The minimum Gasteiger partial charge on any atom is -0.508 e. The second kappa shape index (κ2) is 5.41. The van der Waals surface area contributed by atoms with E-state index in [4.69, 9.17) is 0 Å². The first-order valence-electron chi connectivity index (χ1n) is 5.98. The maximum Gasteiger partial charge on any atom is 0.118 e. The van der Waals surface area contributed by atoms with Gasteiger partial charge in [-0.05, 0) is 47.4 Å². The van der Waals surface area contributed by atoms with E-state index in [-0.39, 0.29) is 5.75 Å². The third-order valence-electron chi connectivity index (χ3n) is 2.85. The van der Waals surface area contributed by atoms with Crippen molar-refractivity contribution >= 4 is 12.2 Å². The summed E-state index contributed by atoms with van der Waals surface area (Å²) in [6, 6.07) is 12.6. The van der Waals surface area contributed by atoms with Crippen LogP contribution in [0.25, 0.3) is 12.2 Å². The molecule has 0 aromatic heterocycles. The molecule has 0 saturated carbocycles.